The molecule has 0 spiro atoms. The van der Waals surface area contributed by atoms with Crippen LogP contribution in [0.3, 0.4) is 0 Å². The maximum absolute atomic E-state index is 12.4. The van der Waals surface area contributed by atoms with E-state index in [9.17, 15) is 19.8 Å². The maximum atomic E-state index is 12.4. The Kier molecular flexibility index (Phi) is 4.93. The van der Waals surface area contributed by atoms with E-state index in [4.69, 9.17) is 4.74 Å². The Morgan fingerprint density at radius 2 is 1.62 bits per heavy atom. The summed E-state index contributed by atoms with van der Waals surface area (Å²) in [4.78, 5) is 24.4. The van der Waals surface area contributed by atoms with Crippen LogP contribution in [-0.4, -0.2) is 28.6 Å². The summed E-state index contributed by atoms with van der Waals surface area (Å²) in [6.45, 7) is 7.23. The number of hydrogen-bond donors (Lipinski definition) is 2. The van der Waals surface area contributed by atoms with Crippen molar-refractivity contribution in [2.75, 3.05) is 6.61 Å². The van der Waals surface area contributed by atoms with Gasteiger partial charge in [0, 0.05) is 11.6 Å². The third kappa shape index (κ3) is 3.40. The Bertz CT molecular complexity index is 821. The second kappa shape index (κ2) is 6.74. The lowest BCUT2D eigenvalue weighted by Crippen LogP contribution is -2.17. The van der Waals surface area contributed by atoms with Gasteiger partial charge in [0.05, 0.1) is 0 Å². The summed E-state index contributed by atoms with van der Waals surface area (Å²) in [5, 5.41) is 18.9. The number of phenolic OH excluding ortho intramolecular Hbond substituents is 2. The smallest absolute Gasteiger partial charge is 0.342 e. The molecule has 2 aromatic rings. The van der Waals surface area contributed by atoms with Gasteiger partial charge in [-0.25, -0.2) is 4.79 Å². The predicted molar refractivity (Wildman–Crippen MR) is 89.8 cm³/mol. The van der Waals surface area contributed by atoms with Gasteiger partial charge >= 0.3 is 5.97 Å². The molecular weight excluding hydrogens is 308 g/mol. The lowest BCUT2D eigenvalue weighted by atomic mass is 9.92. The van der Waals surface area contributed by atoms with E-state index < -0.39 is 18.3 Å². The molecule has 0 radical (unpaired) electrons. The minimum absolute atomic E-state index is 0.103. The molecule has 0 saturated heterocycles. The average molecular weight is 328 g/mol. The van der Waals surface area contributed by atoms with Gasteiger partial charge in [0.2, 0.25) is 5.78 Å². The number of Topliss-reactive ketones (excluding diaryl/α,β-unsaturated/α-hetero) is 1. The van der Waals surface area contributed by atoms with Crippen molar-refractivity contribution in [2.45, 2.75) is 27.7 Å². The van der Waals surface area contributed by atoms with Gasteiger partial charge in [-0.3, -0.25) is 4.79 Å². The van der Waals surface area contributed by atoms with Crippen molar-refractivity contribution in [3.63, 3.8) is 0 Å². The lowest BCUT2D eigenvalue weighted by molar-refractivity contribution is 0.0471. The molecule has 0 unspecified atom stereocenters. The first-order valence-corrected chi connectivity index (χ1v) is 7.52. The Morgan fingerprint density at radius 1 is 0.958 bits per heavy atom. The molecule has 0 amide bonds. The molecule has 126 valence electrons. The summed E-state index contributed by atoms with van der Waals surface area (Å²) in [7, 11) is 0. The number of aryl methyl sites for hydroxylation is 2. The van der Waals surface area contributed by atoms with Crippen LogP contribution in [0, 0.1) is 27.7 Å². The summed E-state index contributed by atoms with van der Waals surface area (Å²) in [5.41, 5.74) is 4.30. The van der Waals surface area contributed by atoms with Crippen molar-refractivity contribution in [1.29, 1.82) is 0 Å². The van der Waals surface area contributed by atoms with E-state index in [0.29, 0.717) is 5.56 Å². The molecule has 0 aliphatic carbocycles. The SMILES string of the molecule is Cc1cc(C)c(C(=O)COC(=O)c2ccc(O)cc2O)c(C)c1C. The number of ether oxygens (including phenoxy) is 1. The fourth-order valence-corrected chi connectivity index (χ4v) is 2.69. The summed E-state index contributed by atoms with van der Waals surface area (Å²) in [6, 6.07) is 5.47. The van der Waals surface area contributed by atoms with Crippen LogP contribution in [0.1, 0.15) is 43.0 Å². The molecule has 5 heteroatoms. The van der Waals surface area contributed by atoms with Gasteiger partial charge < -0.3 is 14.9 Å². The van der Waals surface area contributed by atoms with Gasteiger partial charge in [0.25, 0.3) is 0 Å². The number of phenols is 2. The number of ketones is 1. The molecule has 0 heterocycles. The number of benzene rings is 2. The summed E-state index contributed by atoms with van der Waals surface area (Å²) >= 11 is 0. The fourth-order valence-electron chi connectivity index (χ4n) is 2.69. The van der Waals surface area contributed by atoms with Crippen molar-refractivity contribution in [3.8, 4) is 11.5 Å². The second-order valence-electron chi connectivity index (χ2n) is 5.84. The molecular formula is C19H20O5. The van der Waals surface area contributed by atoms with Crippen LogP contribution < -0.4 is 0 Å². The highest BCUT2D eigenvalue weighted by atomic mass is 16.5. The van der Waals surface area contributed by atoms with Crippen molar-refractivity contribution >= 4 is 11.8 Å². The Balaban J connectivity index is 2.17. The third-order valence-corrected chi connectivity index (χ3v) is 4.17. The highest BCUT2D eigenvalue weighted by Crippen LogP contribution is 2.24. The van der Waals surface area contributed by atoms with Crippen LogP contribution in [-0.2, 0) is 4.74 Å². The van der Waals surface area contributed by atoms with E-state index in [1.54, 1.807) is 0 Å². The molecule has 0 aromatic heterocycles. The zero-order chi connectivity index (χ0) is 18.0. The Labute approximate surface area is 140 Å². The van der Waals surface area contributed by atoms with E-state index in [1.807, 2.05) is 33.8 Å². The molecule has 5 nitrogen and oxygen atoms in total. The lowest BCUT2D eigenvalue weighted by Gasteiger charge is -2.14. The molecule has 2 N–H and O–H groups in total. The first kappa shape index (κ1) is 17.5. The van der Waals surface area contributed by atoms with E-state index in [1.165, 1.54) is 12.1 Å². The van der Waals surface area contributed by atoms with Crippen LogP contribution in [0.15, 0.2) is 24.3 Å². The highest BCUT2D eigenvalue weighted by molar-refractivity contribution is 6.02. The third-order valence-electron chi connectivity index (χ3n) is 4.17. The molecule has 0 aliphatic heterocycles. The number of rotatable bonds is 4. The summed E-state index contributed by atoms with van der Waals surface area (Å²) in [5.74, 6) is -1.67. The largest absolute Gasteiger partial charge is 0.508 e. The van der Waals surface area contributed by atoms with E-state index in [2.05, 4.69) is 0 Å². The highest BCUT2D eigenvalue weighted by Gasteiger charge is 2.19. The van der Waals surface area contributed by atoms with Gasteiger partial charge in [0.15, 0.2) is 6.61 Å². The maximum Gasteiger partial charge on any atom is 0.342 e. The van der Waals surface area contributed by atoms with Gasteiger partial charge in [-0.15, -0.1) is 0 Å². The minimum atomic E-state index is -0.819. The average Bonchev–Trinajstić information content (AvgIpc) is 2.50. The number of carbonyl (C=O) groups is 2. The summed E-state index contributed by atoms with van der Waals surface area (Å²) in [6.07, 6.45) is 0. The molecule has 0 atom stereocenters. The first-order valence-electron chi connectivity index (χ1n) is 7.52. The van der Waals surface area contributed by atoms with E-state index in [0.717, 1.165) is 28.3 Å². The Hall–Kier alpha value is -2.82. The number of aromatic hydroxyl groups is 2. The van der Waals surface area contributed by atoms with Crippen molar-refractivity contribution in [2.24, 2.45) is 0 Å². The molecule has 0 fully saturated rings. The molecule has 0 bridgehead atoms. The molecule has 24 heavy (non-hydrogen) atoms. The number of esters is 1. The normalized spacial score (nSPS) is 10.5. The standard InChI is InChI=1S/C19H20O5/c1-10-7-11(2)18(13(4)12(10)3)17(22)9-24-19(23)15-6-5-14(20)8-16(15)21/h5-8,20-21H,9H2,1-4H3. The topological polar surface area (TPSA) is 83.8 Å². The molecule has 2 rings (SSSR count). The van der Waals surface area contributed by atoms with Gasteiger partial charge in [-0.05, 0) is 62.1 Å². The zero-order valence-electron chi connectivity index (χ0n) is 14.1. The van der Waals surface area contributed by atoms with Crippen molar-refractivity contribution < 1.29 is 24.5 Å². The Morgan fingerprint density at radius 3 is 2.25 bits per heavy atom. The number of hydrogen-bond acceptors (Lipinski definition) is 5. The van der Waals surface area contributed by atoms with Crippen molar-refractivity contribution in [1.82, 2.24) is 0 Å². The molecule has 0 saturated carbocycles. The van der Waals surface area contributed by atoms with Crippen LogP contribution >= 0.6 is 0 Å². The van der Waals surface area contributed by atoms with Crippen LogP contribution in [0.2, 0.25) is 0 Å². The van der Waals surface area contributed by atoms with Gasteiger partial charge in [-0.2, -0.15) is 0 Å². The first-order chi connectivity index (χ1) is 11.2. The summed E-state index contributed by atoms with van der Waals surface area (Å²) < 4.78 is 5.01. The predicted octanol–water partition coefficient (Wildman–Crippen LogP) is 3.37. The molecule has 2 aromatic carbocycles. The van der Waals surface area contributed by atoms with Crippen LogP contribution in [0.25, 0.3) is 0 Å². The van der Waals surface area contributed by atoms with E-state index in [-0.39, 0.29) is 17.1 Å². The molecule has 0 aliphatic rings. The van der Waals surface area contributed by atoms with Crippen LogP contribution in [0.5, 0.6) is 11.5 Å². The van der Waals surface area contributed by atoms with Crippen molar-refractivity contribution in [3.05, 3.63) is 57.6 Å². The second-order valence-corrected chi connectivity index (χ2v) is 5.84. The fraction of sp³-hybridized carbons (Fsp3) is 0.263. The van der Waals surface area contributed by atoms with Crippen LogP contribution in [0.4, 0.5) is 0 Å². The van der Waals surface area contributed by atoms with E-state index >= 15 is 0 Å². The number of carbonyl (C=O) groups excluding carboxylic acids is 2. The quantitative estimate of drug-likeness (QED) is 0.664. The van der Waals surface area contributed by atoms with Gasteiger partial charge in [0.1, 0.15) is 17.1 Å². The minimum Gasteiger partial charge on any atom is -0.508 e. The van der Waals surface area contributed by atoms with Gasteiger partial charge in [-0.1, -0.05) is 6.07 Å². The monoisotopic (exact) mass is 328 g/mol. The zero-order valence-corrected chi connectivity index (χ0v) is 14.1.